The lowest BCUT2D eigenvalue weighted by atomic mass is 10.3. The van der Waals surface area contributed by atoms with Crippen molar-refractivity contribution in [3.05, 3.63) is 17.5 Å². The molecule has 0 fully saturated rings. The second-order valence-corrected chi connectivity index (χ2v) is 3.85. The third kappa shape index (κ3) is 2.15. The fourth-order valence-corrected chi connectivity index (χ4v) is 1.60. The van der Waals surface area contributed by atoms with E-state index in [-0.39, 0.29) is 0 Å². The van der Waals surface area contributed by atoms with Crippen LogP contribution in [0.1, 0.15) is 45.0 Å². The van der Waals surface area contributed by atoms with Crippen molar-refractivity contribution >= 4 is 0 Å². The lowest BCUT2D eigenvalue weighted by molar-refractivity contribution is 0.343. The van der Waals surface area contributed by atoms with Crippen LogP contribution in [0.2, 0.25) is 0 Å². The third-order valence-corrected chi connectivity index (χ3v) is 2.28. The zero-order chi connectivity index (χ0) is 10.7. The molecule has 2 rings (SSSR count). The van der Waals surface area contributed by atoms with Gasteiger partial charge in [-0.1, -0.05) is 13.8 Å². The average Bonchev–Trinajstić information content (AvgIpc) is 2.64. The van der Waals surface area contributed by atoms with E-state index in [4.69, 9.17) is 0 Å². The molecule has 0 saturated heterocycles. The van der Waals surface area contributed by atoms with Crippen molar-refractivity contribution in [1.82, 2.24) is 14.7 Å². The largest absolute Gasteiger partial charge is 0.296 e. The van der Waals surface area contributed by atoms with Crippen LogP contribution >= 0.6 is 0 Å². The van der Waals surface area contributed by atoms with Crippen molar-refractivity contribution in [2.45, 2.75) is 46.8 Å². The van der Waals surface area contributed by atoms with Crippen LogP contribution < -0.4 is 0 Å². The SMILES string of the molecule is CC.CC(C)n1cc2c(n1)CN(C)C2. The molecule has 80 valence electrons. The van der Waals surface area contributed by atoms with E-state index in [2.05, 4.69) is 41.8 Å². The summed E-state index contributed by atoms with van der Waals surface area (Å²) in [7, 11) is 2.13. The van der Waals surface area contributed by atoms with Crippen LogP contribution in [0.3, 0.4) is 0 Å². The number of rotatable bonds is 1. The Kier molecular flexibility index (Phi) is 3.69. The molecule has 2 heterocycles. The highest BCUT2D eigenvalue weighted by molar-refractivity contribution is 5.21. The Hall–Kier alpha value is -0.830. The topological polar surface area (TPSA) is 21.1 Å². The van der Waals surface area contributed by atoms with Gasteiger partial charge in [0.25, 0.3) is 0 Å². The molecule has 0 aliphatic carbocycles. The van der Waals surface area contributed by atoms with Crippen LogP contribution in [0.25, 0.3) is 0 Å². The van der Waals surface area contributed by atoms with E-state index in [0.29, 0.717) is 6.04 Å². The third-order valence-electron chi connectivity index (χ3n) is 2.28. The molecule has 0 saturated carbocycles. The average molecular weight is 195 g/mol. The summed E-state index contributed by atoms with van der Waals surface area (Å²) in [4.78, 5) is 2.28. The van der Waals surface area contributed by atoms with Crippen molar-refractivity contribution in [2.24, 2.45) is 0 Å². The van der Waals surface area contributed by atoms with E-state index in [9.17, 15) is 0 Å². The predicted molar refractivity (Wildman–Crippen MR) is 59.1 cm³/mol. The van der Waals surface area contributed by atoms with Gasteiger partial charge in [-0.3, -0.25) is 9.58 Å². The summed E-state index contributed by atoms with van der Waals surface area (Å²) < 4.78 is 2.05. The van der Waals surface area contributed by atoms with Crippen LogP contribution in [0.15, 0.2) is 6.20 Å². The fraction of sp³-hybridized carbons (Fsp3) is 0.727. The molecule has 1 aliphatic heterocycles. The van der Waals surface area contributed by atoms with E-state index >= 15 is 0 Å². The summed E-state index contributed by atoms with van der Waals surface area (Å²) in [6, 6.07) is 0.487. The molecular weight excluding hydrogens is 174 g/mol. The summed E-state index contributed by atoms with van der Waals surface area (Å²) in [5, 5.41) is 4.52. The molecule has 0 bridgehead atoms. The Morgan fingerprint density at radius 1 is 1.29 bits per heavy atom. The molecule has 1 aliphatic rings. The number of hydrogen-bond donors (Lipinski definition) is 0. The van der Waals surface area contributed by atoms with Gasteiger partial charge in [-0.25, -0.2) is 0 Å². The lowest BCUT2D eigenvalue weighted by Gasteiger charge is -2.08. The highest BCUT2D eigenvalue weighted by atomic mass is 15.3. The van der Waals surface area contributed by atoms with Crippen molar-refractivity contribution in [1.29, 1.82) is 0 Å². The second-order valence-electron chi connectivity index (χ2n) is 3.85. The van der Waals surface area contributed by atoms with E-state index in [0.717, 1.165) is 13.1 Å². The summed E-state index contributed by atoms with van der Waals surface area (Å²) in [5.41, 5.74) is 2.65. The maximum atomic E-state index is 4.52. The maximum Gasteiger partial charge on any atom is 0.0809 e. The minimum atomic E-state index is 0.487. The smallest absolute Gasteiger partial charge is 0.0809 e. The molecule has 0 unspecified atom stereocenters. The van der Waals surface area contributed by atoms with Crippen molar-refractivity contribution in [3.8, 4) is 0 Å². The Balaban J connectivity index is 0.000000461. The number of aromatic nitrogens is 2. The van der Waals surface area contributed by atoms with Crippen LogP contribution in [0.5, 0.6) is 0 Å². The molecule has 0 spiro atoms. The Bertz CT molecular complexity index is 265. The van der Waals surface area contributed by atoms with Gasteiger partial charge in [-0.15, -0.1) is 0 Å². The molecule has 0 N–H and O–H groups in total. The van der Waals surface area contributed by atoms with Gasteiger partial charge in [0.1, 0.15) is 0 Å². The zero-order valence-electron chi connectivity index (χ0n) is 9.91. The Labute approximate surface area is 86.7 Å². The summed E-state index contributed by atoms with van der Waals surface area (Å²) >= 11 is 0. The second kappa shape index (κ2) is 4.60. The van der Waals surface area contributed by atoms with Gasteiger partial charge in [-0.2, -0.15) is 5.10 Å². The minimum Gasteiger partial charge on any atom is -0.296 e. The molecule has 1 aromatic rings. The highest BCUT2D eigenvalue weighted by Gasteiger charge is 2.19. The van der Waals surface area contributed by atoms with E-state index in [1.165, 1.54) is 11.3 Å². The first-order valence-electron chi connectivity index (χ1n) is 5.42. The molecule has 0 amide bonds. The normalized spacial score (nSPS) is 15.3. The van der Waals surface area contributed by atoms with Gasteiger partial charge in [0.2, 0.25) is 0 Å². The molecule has 0 aromatic carbocycles. The molecule has 3 nitrogen and oxygen atoms in total. The molecular formula is C11H21N3. The first-order chi connectivity index (χ1) is 6.66. The summed E-state index contributed by atoms with van der Waals surface area (Å²) in [6.45, 7) is 10.4. The fourth-order valence-electron chi connectivity index (χ4n) is 1.60. The van der Waals surface area contributed by atoms with Crippen molar-refractivity contribution < 1.29 is 0 Å². The molecule has 0 atom stereocenters. The minimum absolute atomic E-state index is 0.487. The van der Waals surface area contributed by atoms with Gasteiger partial charge in [0.15, 0.2) is 0 Å². The molecule has 3 heteroatoms. The van der Waals surface area contributed by atoms with Crippen LogP contribution in [-0.2, 0) is 13.1 Å². The van der Waals surface area contributed by atoms with Gasteiger partial charge >= 0.3 is 0 Å². The van der Waals surface area contributed by atoms with Crippen LogP contribution in [0.4, 0.5) is 0 Å². The van der Waals surface area contributed by atoms with Crippen LogP contribution in [-0.4, -0.2) is 21.7 Å². The van der Waals surface area contributed by atoms with Crippen molar-refractivity contribution in [2.75, 3.05) is 7.05 Å². The molecule has 14 heavy (non-hydrogen) atoms. The van der Waals surface area contributed by atoms with Gasteiger partial charge in [-0.05, 0) is 20.9 Å². The highest BCUT2D eigenvalue weighted by Crippen LogP contribution is 2.20. The number of fused-ring (bicyclic) bond motifs is 1. The van der Waals surface area contributed by atoms with E-state index in [1.54, 1.807) is 0 Å². The monoisotopic (exact) mass is 195 g/mol. The number of nitrogens with zero attached hydrogens (tertiary/aromatic N) is 3. The van der Waals surface area contributed by atoms with Gasteiger partial charge in [0, 0.05) is 30.9 Å². The van der Waals surface area contributed by atoms with Crippen molar-refractivity contribution in [3.63, 3.8) is 0 Å². The summed E-state index contributed by atoms with van der Waals surface area (Å²) in [5.74, 6) is 0. The molecule has 1 aromatic heterocycles. The zero-order valence-corrected chi connectivity index (χ0v) is 9.91. The lowest BCUT2D eigenvalue weighted by Crippen LogP contribution is -2.11. The van der Waals surface area contributed by atoms with Crippen LogP contribution in [0, 0.1) is 0 Å². The van der Waals surface area contributed by atoms with Gasteiger partial charge in [0.05, 0.1) is 5.69 Å². The quantitative estimate of drug-likeness (QED) is 0.686. The van der Waals surface area contributed by atoms with E-state index in [1.807, 2.05) is 13.8 Å². The van der Waals surface area contributed by atoms with E-state index < -0.39 is 0 Å². The Morgan fingerprint density at radius 2 is 1.93 bits per heavy atom. The van der Waals surface area contributed by atoms with Gasteiger partial charge < -0.3 is 0 Å². The summed E-state index contributed by atoms with van der Waals surface area (Å²) in [6.07, 6.45) is 2.17. The first kappa shape index (κ1) is 11.2. The predicted octanol–water partition coefficient (Wildman–Crippen LogP) is 2.44. The Morgan fingerprint density at radius 3 is 2.43 bits per heavy atom. The number of hydrogen-bond acceptors (Lipinski definition) is 2. The molecule has 0 radical (unpaired) electrons. The maximum absolute atomic E-state index is 4.52. The standard InChI is InChI=1S/C9H15N3.C2H6/c1-7(2)12-5-8-4-11(3)6-9(8)10-12;1-2/h5,7H,4,6H2,1-3H3;1-2H3. The first-order valence-corrected chi connectivity index (χ1v) is 5.42.